The van der Waals surface area contributed by atoms with E-state index in [0.717, 1.165) is 9.13 Å². The number of fused-ring (bicyclic) bond motifs is 1. The number of hydrogen-bond acceptors (Lipinski definition) is 6. The van der Waals surface area contributed by atoms with Crippen LogP contribution in [0.4, 0.5) is 18.9 Å². The van der Waals surface area contributed by atoms with Crippen LogP contribution in [0.15, 0.2) is 61.8 Å². The van der Waals surface area contributed by atoms with Crippen molar-refractivity contribution in [2.45, 2.75) is 38.7 Å². The fraction of sp³-hybridized carbons (Fsp3) is 0.261. The number of aromatic nitrogens is 4. The fourth-order valence-electron chi connectivity index (χ4n) is 3.84. The van der Waals surface area contributed by atoms with Gasteiger partial charge in [0.2, 0.25) is 5.62 Å². The van der Waals surface area contributed by atoms with Crippen molar-refractivity contribution < 1.29 is 23.1 Å². The molecule has 1 atom stereocenters. The smallest absolute Gasteiger partial charge is 0.406 e. The van der Waals surface area contributed by atoms with Crippen molar-refractivity contribution >= 4 is 44.8 Å². The van der Waals surface area contributed by atoms with Crippen LogP contribution in [0.3, 0.4) is 0 Å². The van der Waals surface area contributed by atoms with Crippen LogP contribution in [0.1, 0.15) is 24.9 Å². The number of carboxylic acid groups (broad SMARTS) is 1. The summed E-state index contributed by atoms with van der Waals surface area (Å²) in [5.74, 6) is -1.20. The maximum atomic E-state index is 13.4. The topological polar surface area (TPSA) is 131 Å². The van der Waals surface area contributed by atoms with Gasteiger partial charge in [-0.25, -0.2) is 19.1 Å². The summed E-state index contributed by atoms with van der Waals surface area (Å²) in [6, 6.07) is 9.57. The molecule has 0 unspecified atom stereocenters. The van der Waals surface area contributed by atoms with Gasteiger partial charge in [-0.2, -0.15) is 13.2 Å². The average Bonchev–Trinajstić information content (AvgIpc) is 3.10. The minimum absolute atomic E-state index is 0.0664. The number of aromatic amines is 1. The summed E-state index contributed by atoms with van der Waals surface area (Å²) in [5.41, 5.74) is -1.05. The first-order chi connectivity index (χ1) is 17.8. The predicted molar refractivity (Wildman–Crippen MR) is 134 cm³/mol. The van der Waals surface area contributed by atoms with E-state index >= 15 is 0 Å². The number of benzene rings is 2. The van der Waals surface area contributed by atoms with Crippen LogP contribution in [0.2, 0.25) is 5.02 Å². The van der Waals surface area contributed by atoms with E-state index in [4.69, 9.17) is 16.7 Å². The van der Waals surface area contributed by atoms with Gasteiger partial charge in [-0.15, -0.1) is 0 Å². The van der Waals surface area contributed by atoms with Gasteiger partial charge in [-0.3, -0.25) is 23.7 Å². The molecule has 2 aromatic heterocycles. The molecule has 2 aromatic carbocycles. The standard InChI is InChI=1S/C23H19ClF3N5O5S/c1-12(8-18(33)34)32-20(35)29-19(30(21(32)36)10-13-2-4-14(24)5-3-13)28-15-6-7-16-17(9-15)38-22(37)31(16)11-23(25,26)27/h2-7,9,12H,8,10-11H2,1H3,(H,33,34)(H,28,29,35)/t12-/m0/s1. The highest BCUT2D eigenvalue weighted by atomic mass is 35.5. The summed E-state index contributed by atoms with van der Waals surface area (Å²) in [7, 11) is 0. The third kappa shape index (κ3) is 5.97. The predicted octanol–water partition coefficient (Wildman–Crippen LogP) is 3.25. The largest absolute Gasteiger partial charge is 0.481 e. The number of carbonyl (C=O) groups is 1. The quantitative estimate of drug-likeness (QED) is 0.353. The van der Waals surface area contributed by atoms with E-state index < -0.39 is 47.4 Å². The molecule has 0 radical (unpaired) electrons. The van der Waals surface area contributed by atoms with E-state index in [0.29, 0.717) is 26.5 Å². The number of thiazole rings is 1. The minimum atomic E-state index is -4.59. The molecule has 4 aromatic rings. The second-order valence-electron chi connectivity index (χ2n) is 8.40. The highest BCUT2D eigenvalue weighted by Crippen LogP contribution is 2.26. The summed E-state index contributed by atoms with van der Waals surface area (Å²) in [6.45, 7) is -0.0952. The van der Waals surface area contributed by atoms with Crippen molar-refractivity contribution in [1.82, 2.24) is 18.7 Å². The van der Waals surface area contributed by atoms with E-state index in [1.807, 2.05) is 0 Å². The number of H-pyrrole nitrogens is 1. The Morgan fingerprint density at radius 2 is 1.82 bits per heavy atom. The van der Waals surface area contributed by atoms with Crippen LogP contribution in [-0.2, 0) is 17.9 Å². The molecular weight excluding hydrogens is 551 g/mol. The van der Waals surface area contributed by atoms with Crippen LogP contribution in [0, 0.1) is 0 Å². The number of nitrogens with one attached hydrogen (secondary N) is 1. The lowest BCUT2D eigenvalue weighted by molar-refractivity contribution is -0.140. The van der Waals surface area contributed by atoms with Gasteiger partial charge >= 0.3 is 28.4 Å². The van der Waals surface area contributed by atoms with Gasteiger partial charge in [0.05, 0.1) is 34.9 Å². The van der Waals surface area contributed by atoms with Crippen molar-refractivity contribution in [2.75, 3.05) is 0 Å². The van der Waals surface area contributed by atoms with E-state index in [9.17, 15) is 32.3 Å². The van der Waals surface area contributed by atoms with Crippen molar-refractivity contribution in [2.24, 2.45) is 4.99 Å². The summed E-state index contributed by atoms with van der Waals surface area (Å²) in [5, 5.41) is 9.59. The lowest BCUT2D eigenvalue weighted by Gasteiger charge is -2.15. The van der Waals surface area contributed by atoms with Gasteiger partial charge in [0.15, 0.2) is 0 Å². The summed E-state index contributed by atoms with van der Waals surface area (Å²) < 4.78 is 41.4. The van der Waals surface area contributed by atoms with Gasteiger partial charge < -0.3 is 5.11 Å². The number of alkyl halides is 3. The van der Waals surface area contributed by atoms with E-state index in [2.05, 4.69) is 9.98 Å². The average molecular weight is 570 g/mol. The summed E-state index contributed by atoms with van der Waals surface area (Å²) in [4.78, 5) is 55.5. The zero-order valence-corrected chi connectivity index (χ0v) is 21.1. The van der Waals surface area contributed by atoms with Gasteiger partial charge in [0.1, 0.15) is 6.54 Å². The maximum Gasteiger partial charge on any atom is 0.406 e. The molecule has 0 saturated carbocycles. The summed E-state index contributed by atoms with van der Waals surface area (Å²) in [6.07, 6.45) is -5.07. The molecule has 0 spiro atoms. The SMILES string of the molecule is C[C@@H](CC(=O)O)n1c(=O)[nH]/c(=N\c2ccc3c(c2)sc(=O)n3CC(F)(F)F)n(Cc2ccc(Cl)cc2)c1=O. The monoisotopic (exact) mass is 569 g/mol. The first-order valence-electron chi connectivity index (χ1n) is 11.0. The molecule has 38 heavy (non-hydrogen) atoms. The zero-order valence-electron chi connectivity index (χ0n) is 19.5. The van der Waals surface area contributed by atoms with E-state index in [1.165, 1.54) is 25.1 Å². The van der Waals surface area contributed by atoms with E-state index in [1.54, 1.807) is 24.3 Å². The molecule has 0 fully saturated rings. The number of aliphatic carboxylic acids is 1. The van der Waals surface area contributed by atoms with Crippen molar-refractivity contribution in [3.05, 3.63) is 89.3 Å². The lowest BCUT2D eigenvalue weighted by atomic mass is 10.2. The molecule has 2 N–H and O–H groups in total. The van der Waals surface area contributed by atoms with Crippen LogP contribution in [0.5, 0.6) is 0 Å². The second kappa shape index (κ2) is 10.5. The van der Waals surface area contributed by atoms with Gasteiger partial charge in [0, 0.05) is 5.02 Å². The van der Waals surface area contributed by atoms with Gasteiger partial charge in [-0.1, -0.05) is 35.1 Å². The van der Waals surface area contributed by atoms with Crippen molar-refractivity contribution in [1.29, 1.82) is 0 Å². The molecule has 0 bridgehead atoms. The molecule has 15 heteroatoms. The molecule has 0 amide bonds. The Labute approximate surface area is 219 Å². The highest BCUT2D eigenvalue weighted by Gasteiger charge is 2.30. The van der Waals surface area contributed by atoms with Gasteiger partial charge in [0.25, 0.3) is 0 Å². The Kier molecular flexibility index (Phi) is 7.47. The Morgan fingerprint density at radius 1 is 1.13 bits per heavy atom. The normalized spacial score (nSPS) is 13.2. The molecule has 4 rings (SSSR count). The van der Waals surface area contributed by atoms with Gasteiger partial charge in [-0.05, 0) is 42.8 Å². The number of carboxylic acids is 1. The minimum Gasteiger partial charge on any atom is -0.481 e. The second-order valence-corrected chi connectivity index (χ2v) is 9.83. The Morgan fingerprint density at radius 3 is 2.45 bits per heavy atom. The first kappa shape index (κ1) is 27.1. The Bertz CT molecular complexity index is 1770. The van der Waals surface area contributed by atoms with Crippen LogP contribution in [0.25, 0.3) is 10.2 Å². The fourth-order valence-corrected chi connectivity index (χ4v) is 4.89. The molecule has 0 aliphatic heterocycles. The number of rotatable bonds is 7. The molecule has 0 aliphatic carbocycles. The lowest BCUT2D eigenvalue weighted by Crippen LogP contribution is -2.51. The number of hydrogen-bond donors (Lipinski definition) is 2. The van der Waals surface area contributed by atoms with Crippen LogP contribution < -0.4 is 21.9 Å². The number of nitrogens with zero attached hydrogens (tertiary/aromatic N) is 4. The molecule has 2 heterocycles. The van der Waals surface area contributed by atoms with Crippen LogP contribution in [-0.4, -0.2) is 35.9 Å². The maximum absolute atomic E-state index is 13.4. The molecule has 10 nitrogen and oxygen atoms in total. The molecule has 200 valence electrons. The molecular formula is C23H19ClF3N5O5S. The zero-order chi connectivity index (χ0) is 27.8. The molecule has 0 saturated heterocycles. The third-order valence-electron chi connectivity index (χ3n) is 5.52. The van der Waals surface area contributed by atoms with E-state index in [-0.39, 0.29) is 28.1 Å². The van der Waals surface area contributed by atoms with Crippen LogP contribution >= 0.6 is 22.9 Å². The van der Waals surface area contributed by atoms with Crippen molar-refractivity contribution in [3.8, 4) is 0 Å². The Balaban J connectivity index is 1.88. The van der Waals surface area contributed by atoms with Crippen molar-refractivity contribution in [3.63, 3.8) is 0 Å². The first-order valence-corrected chi connectivity index (χ1v) is 12.2. The molecule has 0 aliphatic rings. The summed E-state index contributed by atoms with van der Waals surface area (Å²) >= 11 is 6.54. The highest BCUT2D eigenvalue weighted by molar-refractivity contribution is 7.16. The Hall–Kier alpha value is -3.91. The number of halogens is 4. The third-order valence-corrected chi connectivity index (χ3v) is 6.71.